The van der Waals surface area contributed by atoms with Crippen LogP contribution >= 0.6 is 19.4 Å². The molecule has 0 aromatic carbocycles. The van der Waals surface area contributed by atoms with Gasteiger partial charge in [0.2, 0.25) is 0 Å². The van der Waals surface area contributed by atoms with E-state index in [0.29, 0.717) is 28.0 Å². The van der Waals surface area contributed by atoms with Gasteiger partial charge in [-0.25, -0.2) is 15.0 Å². The number of hydrogen-bond donors (Lipinski definition) is 4. The largest absolute Gasteiger partial charge is 0.387 e. The van der Waals surface area contributed by atoms with Gasteiger partial charge < -0.3 is 29.6 Å². The van der Waals surface area contributed by atoms with Gasteiger partial charge in [-0.3, -0.25) is 9.13 Å². The van der Waals surface area contributed by atoms with E-state index in [0.717, 1.165) is 44.2 Å². The molecule has 11 nitrogen and oxygen atoms in total. The minimum absolute atomic E-state index is 0.459. The third-order valence-corrected chi connectivity index (χ3v) is 6.94. The number of aromatic nitrogens is 4. The smallest absolute Gasteiger partial charge is 0.348 e. The molecule has 33 heavy (non-hydrogen) atoms. The molecule has 0 spiro atoms. The predicted molar refractivity (Wildman–Crippen MR) is 126 cm³/mol. The van der Waals surface area contributed by atoms with Gasteiger partial charge in [-0.2, -0.15) is 0 Å². The summed E-state index contributed by atoms with van der Waals surface area (Å²) >= 11 is 1.55. The number of hydrogen-bond acceptors (Lipinski definition) is 9. The first-order valence-corrected chi connectivity index (χ1v) is 13.7. The second-order valence-corrected chi connectivity index (χ2v) is 10.3. The second kappa shape index (κ2) is 11.3. The fraction of sp³-hybridized carbons (Fsp3) is 0.650. The molecule has 4 N–H and O–H groups in total. The number of unbranched alkanes of at least 4 members (excludes halogenated alkanes) is 2. The van der Waals surface area contributed by atoms with E-state index in [4.69, 9.17) is 19.5 Å². The van der Waals surface area contributed by atoms with Crippen LogP contribution in [0.1, 0.15) is 46.3 Å². The summed E-state index contributed by atoms with van der Waals surface area (Å²) in [7, 11) is -4.43. The molecule has 3 rings (SSSR count). The minimum Gasteiger partial charge on any atom is -0.387 e. The third-order valence-electron chi connectivity index (χ3n) is 5.44. The van der Waals surface area contributed by atoms with Gasteiger partial charge in [0.1, 0.15) is 18.3 Å². The number of nitrogens with zero attached hydrogens (tertiary/aromatic N) is 5. The van der Waals surface area contributed by atoms with E-state index in [2.05, 4.69) is 21.8 Å². The molecule has 0 amide bonds. The molecule has 1 fully saturated rings. The van der Waals surface area contributed by atoms with Crippen molar-refractivity contribution in [2.75, 3.05) is 23.7 Å². The van der Waals surface area contributed by atoms with Gasteiger partial charge in [-0.15, -0.1) is 0 Å². The highest BCUT2D eigenvalue weighted by Gasteiger charge is 2.43. The SMILES string of the molecule is CCCCCSc1nc(N(CC)CC)c2ncn([C@@H]3O[C@H](/C=C/P(=O)(O)O)[C@@H](O)[C@H]3O)c2n1. The van der Waals surface area contributed by atoms with Crippen molar-refractivity contribution in [3.05, 3.63) is 18.2 Å². The first kappa shape index (κ1) is 26.1. The van der Waals surface area contributed by atoms with Crippen molar-refractivity contribution in [1.82, 2.24) is 19.5 Å². The van der Waals surface area contributed by atoms with Crippen LogP contribution in [0.5, 0.6) is 0 Å². The van der Waals surface area contributed by atoms with Gasteiger partial charge in [0.15, 0.2) is 28.4 Å². The average Bonchev–Trinajstić information content (AvgIpc) is 3.31. The summed E-state index contributed by atoms with van der Waals surface area (Å²) in [5.41, 5.74) is 1.01. The highest BCUT2D eigenvalue weighted by Crippen LogP contribution is 2.39. The van der Waals surface area contributed by atoms with Gasteiger partial charge in [0.25, 0.3) is 0 Å². The number of thioether (sulfide) groups is 1. The van der Waals surface area contributed by atoms with Crippen LogP contribution in [-0.2, 0) is 9.30 Å². The van der Waals surface area contributed by atoms with Crippen molar-refractivity contribution in [3.8, 4) is 0 Å². The Bertz CT molecular complexity index is 1010. The number of fused-ring (bicyclic) bond motifs is 1. The molecule has 1 aliphatic heterocycles. The van der Waals surface area contributed by atoms with Crippen molar-refractivity contribution in [2.24, 2.45) is 0 Å². The van der Waals surface area contributed by atoms with Gasteiger partial charge in [-0.05, 0) is 26.3 Å². The molecule has 13 heteroatoms. The number of aliphatic hydroxyl groups is 2. The first-order chi connectivity index (χ1) is 15.7. The Hall–Kier alpha value is -1.53. The Kier molecular flexibility index (Phi) is 8.90. The Balaban J connectivity index is 1.98. The second-order valence-electron chi connectivity index (χ2n) is 7.78. The standard InChI is InChI=1S/C20H32N5O6PS/c1-4-7-8-11-33-20-22-17(24(5-2)6-3)14-18(23-20)25(12-21-14)19-16(27)15(26)13(31-19)9-10-32(28,29)30/h9-10,12-13,15-16,19,26-27H,4-8,11H2,1-3H3,(H2,28,29,30)/b10-9+/t13-,15-,16-,19-/m1/s1. The maximum Gasteiger partial charge on any atom is 0.348 e. The van der Waals surface area contributed by atoms with Crippen LogP contribution in [0.4, 0.5) is 5.82 Å². The molecular weight excluding hydrogens is 469 g/mol. The normalized spacial score (nSPS) is 23.7. The van der Waals surface area contributed by atoms with Gasteiger partial charge >= 0.3 is 7.60 Å². The van der Waals surface area contributed by atoms with Crippen molar-refractivity contribution < 1.29 is 29.3 Å². The summed E-state index contributed by atoms with van der Waals surface area (Å²) in [4.78, 5) is 34.1. The van der Waals surface area contributed by atoms with E-state index >= 15 is 0 Å². The fourth-order valence-electron chi connectivity index (χ4n) is 3.66. The number of anilines is 1. The quantitative estimate of drug-likeness (QED) is 0.155. The zero-order valence-corrected chi connectivity index (χ0v) is 20.7. The lowest BCUT2D eigenvalue weighted by Gasteiger charge is -2.21. The molecule has 0 unspecified atom stereocenters. The molecule has 1 saturated heterocycles. The number of rotatable bonds is 11. The molecule has 184 valence electrons. The molecule has 0 aliphatic carbocycles. The molecule has 2 aromatic rings. The Morgan fingerprint density at radius 3 is 2.55 bits per heavy atom. The van der Waals surface area contributed by atoms with E-state index in [9.17, 15) is 14.8 Å². The van der Waals surface area contributed by atoms with Crippen LogP contribution in [0.3, 0.4) is 0 Å². The van der Waals surface area contributed by atoms with Crippen LogP contribution in [0.2, 0.25) is 0 Å². The molecule has 0 radical (unpaired) electrons. The summed E-state index contributed by atoms with van der Waals surface area (Å²) in [5, 5.41) is 21.6. The van der Waals surface area contributed by atoms with Crippen LogP contribution in [-0.4, -0.2) is 76.7 Å². The first-order valence-electron chi connectivity index (χ1n) is 11.1. The van der Waals surface area contributed by atoms with Gasteiger partial charge in [0.05, 0.1) is 6.33 Å². The summed E-state index contributed by atoms with van der Waals surface area (Å²) < 4.78 is 18.4. The van der Waals surface area contributed by atoms with E-state index in [1.807, 2.05) is 13.8 Å². The van der Waals surface area contributed by atoms with E-state index < -0.39 is 32.1 Å². The maximum absolute atomic E-state index is 11.2. The summed E-state index contributed by atoms with van der Waals surface area (Å²) in [6.45, 7) is 7.66. The molecule has 0 saturated carbocycles. The number of aliphatic hydroxyl groups excluding tert-OH is 2. The molecular formula is C20H32N5O6PS. The summed E-state index contributed by atoms with van der Waals surface area (Å²) in [5.74, 6) is 2.22. The molecule has 1 aliphatic rings. The molecule has 0 bridgehead atoms. The predicted octanol–water partition coefficient (Wildman–Crippen LogP) is 2.27. The van der Waals surface area contributed by atoms with E-state index in [-0.39, 0.29) is 0 Å². The number of imidazole rings is 1. The lowest BCUT2D eigenvalue weighted by molar-refractivity contribution is -0.0245. The molecule has 4 atom stereocenters. The van der Waals surface area contributed by atoms with Crippen LogP contribution in [0.15, 0.2) is 23.4 Å². The average molecular weight is 502 g/mol. The van der Waals surface area contributed by atoms with E-state index in [1.165, 1.54) is 6.33 Å². The molecule has 3 heterocycles. The minimum atomic E-state index is -4.43. The summed E-state index contributed by atoms with van der Waals surface area (Å²) in [6, 6.07) is 0. The Morgan fingerprint density at radius 1 is 1.18 bits per heavy atom. The lowest BCUT2D eigenvalue weighted by atomic mass is 10.1. The zero-order chi connectivity index (χ0) is 24.2. The summed E-state index contributed by atoms with van der Waals surface area (Å²) in [6.07, 6.45) is 0.993. The van der Waals surface area contributed by atoms with Crippen molar-refractivity contribution in [3.63, 3.8) is 0 Å². The fourth-order valence-corrected chi connectivity index (χ4v) is 4.89. The van der Waals surface area contributed by atoms with E-state index in [1.54, 1.807) is 16.3 Å². The maximum atomic E-state index is 11.2. The zero-order valence-electron chi connectivity index (χ0n) is 19.0. The Morgan fingerprint density at radius 2 is 1.91 bits per heavy atom. The van der Waals surface area contributed by atoms with Crippen LogP contribution in [0.25, 0.3) is 11.2 Å². The highest BCUT2D eigenvalue weighted by atomic mass is 32.2. The van der Waals surface area contributed by atoms with Crippen molar-refractivity contribution in [2.45, 2.75) is 69.7 Å². The highest BCUT2D eigenvalue weighted by molar-refractivity contribution is 7.99. The van der Waals surface area contributed by atoms with Crippen LogP contribution < -0.4 is 4.90 Å². The van der Waals surface area contributed by atoms with Crippen LogP contribution in [0, 0.1) is 0 Å². The monoisotopic (exact) mass is 501 g/mol. The van der Waals surface area contributed by atoms with Gasteiger partial charge in [-0.1, -0.05) is 31.5 Å². The third kappa shape index (κ3) is 6.13. The number of ether oxygens (including phenoxy) is 1. The topological polar surface area (TPSA) is 154 Å². The lowest BCUT2D eigenvalue weighted by Crippen LogP contribution is -2.30. The van der Waals surface area contributed by atoms with Gasteiger partial charge in [0, 0.05) is 24.7 Å². The van der Waals surface area contributed by atoms with Crippen molar-refractivity contribution in [1.29, 1.82) is 0 Å². The Labute approximate surface area is 197 Å². The molecule has 2 aromatic heterocycles. The van der Waals surface area contributed by atoms with Crippen molar-refractivity contribution >= 4 is 36.3 Å².